The highest BCUT2D eigenvalue weighted by molar-refractivity contribution is 5.90. The Hall–Kier alpha value is -3.27. The van der Waals surface area contributed by atoms with Gasteiger partial charge in [-0.25, -0.2) is 0 Å². The number of hydrogen-bond acceptors (Lipinski definition) is 3. The maximum Gasteiger partial charge on any atom is 0.221 e. The summed E-state index contributed by atoms with van der Waals surface area (Å²) in [5, 5.41) is 19.5. The van der Waals surface area contributed by atoms with Gasteiger partial charge in [0.1, 0.15) is 5.75 Å². The van der Waals surface area contributed by atoms with Gasteiger partial charge in [0.2, 0.25) is 5.91 Å². The number of nitrogens with one attached hydrogen (secondary N) is 2. The number of carbonyl (C=O) groups excluding carboxylic acids is 1. The van der Waals surface area contributed by atoms with E-state index >= 15 is 0 Å². The molecule has 3 unspecified atom stereocenters. The normalized spacial score (nSPS) is 22.4. The SMILES string of the molecule is CC(=O)Nc1ccc2c(c1)C1C=CCC1C(c1c(O)ccc3ccccc13)N2. The molecule has 0 bridgehead atoms. The fourth-order valence-electron chi connectivity index (χ4n) is 4.77. The third-order valence-electron chi connectivity index (χ3n) is 5.94. The number of fused-ring (bicyclic) bond motifs is 4. The molecule has 0 radical (unpaired) electrons. The minimum atomic E-state index is -0.0687. The van der Waals surface area contributed by atoms with Crippen LogP contribution in [0.5, 0.6) is 5.75 Å². The number of hydrogen-bond donors (Lipinski definition) is 3. The molecule has 1 aliphatic carbocycles. The standard InChI is InChI=1S/C24H22N2O2/c1-14(27)25-16-10-11-21-20(13-16)18-7-4-8-19(18)24(26-21)23-17-6-3-2-5-15(17)9-12-22(23)28/h2-7,9-13,18-19,24,26,28H,8H2,1H3,(H,25,27). The lowest BCUT2D eigenvalue weighted by Crippen LogP contribution is -2.29. The van der Waals surface area contributed by atoms with Crippen LogP contribution in [0.3, 0.4) is 0 Å². The van der Waals surface area contributed by atoms with Gasteiger partial charge in [-0.2, -0.15) is 0 Å². The van der Waals surface area contributed by atoms with Gasteiger partial charge in [-0.05, 0) is 52.9 Å². The number of carbonyl (C=O) groups is 1. The van der Waals surface area contributed by atoms with Crippen molar-refractivity contribution >= 4 is 28.1 Å². The molecular weight excluding hydrogens is 348 g/mol. The summed E-state index contributed by atoms with van der Waals surface area (Å²) in [7, 11) is 0. The van der Waals surface area contributed by atoms with Crippen LogP contribution in [-0.4, -0.2) is 11.0 Å². The summed E-state index contributed by atoms with van der Waals surface area (Å²) in [6.45, 7) is 1.52. The van der Waals surface area contributed by atoms with Crippen LogP contribution < -0.4 is 10.6 Å². The topological polar surface area (TPSA) is 61.4 Å². The number of rotatable bonds is 2. The maximum atomic E-state index is 11.4. The van der Waals surface area contributed by atoms with Crippen LogP contribution in [0, 0.1) is 5.92 Å². The zero-order valence-corrected chi connectivity index (χ0v) is 15.6. The maximum absolute atomic E-state index is 11.4. The molecule has 1 amide bonds. The van der Waals surface area contributed by atoms with E-state index in [2.05, 4.69) is 41.0 Å². The summed E-state index contributed by atoms with van der Waals surface area (Å²) in [4.78, 5) is 11.4. The molecule has 140 valence electrons. The molecule has 4 nitrogen and oxygen atoms in total. The number of benzene rings is 3. The van der Waals surface area contributed by atoms with Crippen LogP contribution in [0.1, 0.15) is 36.4 Å². The zero-order valence-electron chi connectivity index (χ0n) is 15.6. The fourth-order valence-corrected chi connectivity index (χ4v) is 4.77. The van der Waals surface area contributed by atoms with Crippen molar-refractivity contribution in [2.24, 2.45) is 5.92 Å². The van der Waals surface area contributed by atoms with E-state index in [0.29, 0.717) is 11.7 Å². The van der Waals surface area contributed by atoms with E-state index in [1.165, 1.54) is 12.5 Å². The van der Waals surface area contributed by atoms with Gasteiger partial charge in [0, 0.05) is 29.8 Å². The molecule has 2 aliphatic rings. The number of phenols is 1. The van der Waals surface area contributed by atoms with Crippen LogP contribution in [0.4, 0.5) is 11.4 Å². The van der Waals surface area contributed by atoms with E-state index in [1.807, 2.05) is 30.3 Å². The lowest BCUT2D eigenvalue weighted by Gasteiger charge is -2.38. The molecule has 3 aromatic rings. The molecule has 0 spiro atoms. The summed E-state index contributed by atoms with van der Waals surface area (Å²) >= 11 is 0. The first-order chi connectivity index (χ1) is 13.6. The van der Waals surface area contributed by atoms with Crippen molar-refractivity contribution in [2.45, 2.75) is 25.3 Å². The molecule has 28 heavy (non-hydrogen) atoms. The molecule has 0 saturated carbocycles. The number of aromatic hydroxyl groups is 1. The van der Waals surface area contributed by atoms with E-state index in [0.717, 1.165) is 34.1 Å². The Morgan fingerprint density at radius 2 is 2.00 bits per heavy atom. The van der Waals surface area contributed by atoms with E-state index < -0.39 is 0 Å². The molecule has 1 aliphatic heterocycles. The highest BCUT2D eigenvalue weighted by Crippen LogP contribution is 2.52. The van der Waals surface area contributed by atoms with Crippen molar-refractivity contribution in [3.05, 3.63) is 77.9 Å². The van der Waals surface area contributed by atoms with Gasteiger partial charge < -0.3 is 15.7 Å². The van der Waals surface area contributed by atoms with Crippen LogP contribution in [0.15, 0.2) is 66.7 Å². The molecular formula is C24H22N2O2. The Bertz CT molecular complexity index is 1120. The Morgan fingerprint density at radius 3 is 2.86 bits per heavy atom. The number of anilines is 2. The fraction of sp³-hybridized carbons (Fsp3) is 0.208. The zero-order chi connectivity index (χ0) is 19.3. The van der Waals surface area contributed by atoms with E-state index in [4.69, 9.17) is 0 Å². The first-order valence-corrected chi connectivity index (χ1v) is 9.67. The van der Waals surface area contributed by atoms with Crippen molar-refractivity contribution in [1.29, 1.82) is 0 Å². The number of amides is 1. The Morgan fingerprint density at radius 1 is 1.14 bits per heavy atom. The summed E-state index contributed by atoms with van der Waals surface area (Å²) in [6.07, 6.45) is 5.44. The van der Waals surface area contributed by atoms with Crippen molar-refractivity contribution in [2.75, 3.05) is 10.6 Å². The van der Waals surface area contributed by atoms with Crippen LogP contribution in [0.2, 0.25) is 0 Å². The smallest absolute Gasteiger partial charge is 0.221 e. The van der Waals surface area contributed by atoms with Crippen LogP contribution >= 0.6 is 0 Å². The molecule has 4 heteroatoms. The highest BCUT2D eigenvalue weighted by Gasteiger charge is 2.39. The minimum absolute atomic E-state index is 0.0187. The van der Waals surface area contributed by atoms with Crippen molar-refractivity contribution in [1.82, 2.24) is 0 Å². The molecule has 0 aromatic heterocycles. The Balaban J connectivity index is 1.63. The second kappa shape index (κ2) is 6.41. The minimum Gasteiger partial charge on any atom is -0.508 e. The van der Waals surface area contributed by atoms with E-state index in [1.54, 1.807) is 6.07 Å². The predicted octanol–water partition coefficient (Wildman–Crippen LogP) is 5.33. The van der Waals surface area contributed by atoms with Crippen molar-refractivity contribution < 1.29 is 9.90 Å². The van der Waals surface area contributed by atoms with Gasteiger partial charge in [0.05, 0.1) is 6.04 Å². The first-order valence-electron chi connectivity index (χ1n) is 9.67. The quantitative estimate of drug-likeness (QED) is 0.534. The monoisotopic (exact) mass is 370 g/mol. The van der Waals surface area contributed by atoms with Gasteiger partial charge in [-0.1, -0.05) is 42.5 Å². The van der Waals surface area contributed by atoms with E-state index in [-0.39, 0.29) is 17.9 Å². The number of phenolic OH excluding ortho intramolecular Hbond substituents is 1. The first kappa shape index (κ1) is 16.9. The summed E-state index contributed by atoms with van der Waals surface area (Å²) < 4.78 is 0. The van der Waals surface area contributed by atoms with Crippen molar-refractivity contribution in [3.63, 3.8) is 0 Å². The van der Waals surface area contributed by atoms with Gasteiger partial charge >= 0.3 is 0 Å². The molecule has 3 N–H and O–H groups in total. The average Bonchev–Trinajstić information content (AvgIpc) is 3.18. The Kier molecular flexibility index (Phi) is 3.86. The van der Waals surface area contributed by atoms with Crippen LogP contribution in [-0.2, 0) is 4.79 Å². The number of allylic oxidation sites excluding steroid dienone is 2. The van der Waals surface area contributed by atoms with Gasteiger partial charge in [-0.15, -0.1) is 0 Å². The lowest BCUT2D eigenvalue weighted by atomic mass is 9.76. The summed E-state index contributed by atoms with van der Waals surface area (Å²) in [5.74, 6) is 0.839. The molecule has 0 fully saturated rings. The molecule has 3 atom stereocenters. The third kappa shape index (κ3) is 2.64. The lowest BCUT2D eigenvalue weighted by molar-refractivity contribution is -0.114. The summed E-state index contributed by atoms with van der Waals surface area (Å²) in [6, 6.07) is 18.0. The Labute approximate surface area is 163 Å². The molecule has 0 saturated heterocycles. The molecule has 1 heterocycles. The van der Waals surface area contributed by atoms with Crippen molar-refractivity contribution in [3.8, 4) is 5.75 Å². The van der Waals surface area contributed by atoms with Gasteiger partial charge in [0.25, 0.3) is 0 Å². The second-order valence-corrected chi connectivity index (χ2v) is 7.68. The second-order valence-electron chi connectivity index (χ2n) is 7.68. The van der Waals surface area contributed by atoms with E-state index in [9.17, 15) is 9.90 Å². The summed E-state index contributed by atoms with van der Waals surface area (Å²) in [5.41, 5.74) is 4.03. The third-order valence-corrected chi connectivity index (χ3v) is 5.94. The molecule has 3 aromatic carbocycles. The van der Waals surface area contributed by atoms with Gasteiger partial charge in [0.15, 0.2) is 0 Å². The predicted molar refractivity (Wildman–Crippen MR) is 113 cm³/mol. The average molecular weight is 370 g/mol. The van der Waals surface area contributed by atoms with Gasteiger partial charge in [-0.3, -0.25) is 4.79 Å². The largest absolute Gasteiger partial charge is 0.508 e. The van der Waals surface area contributed by atoms with Crippen LogP contribution in [0.25, 0.3) is 10.8 Å². The highest BCUT2D eigenvalue weighted by atomic mass is 16.3. The molecule has 5 rings (SSSR count).